The fourth-order valence-electron chi connectivity index (χ4n) is 1.58. The van der Waals surface area contributed by atoms with Gasteiger partial charge in [0.15, 0.2) is 15.6 Å². The van der Waals surface area contributed by atoms with Crippen molar-refractivity contribution in [3.63, 3.8) is 0 Å². The Hall–Kier alpha value is -0.380. The molecule has 1 rings (SSSR count). The minimum atomic E-state index is -3.15. The lowest BCUT2D eigenvalue weighted by Gasteiger charge is -2.09. The predicted molar refractivity (Wildman–Crippen MR) is 46.7 cm³/mol. The van der Waals surface area contributed by atoms with E-state index >= 15 is 0 Å². The Morgan fingerprint density at radius 3 is 2.50 bits per heavy atom. The van der Waals surface area contributed by atoms with Gasteiger partial charge in [-0.25, -0.2) is 8.42 Å². The predicted octanol–water partition coefficient (Wildman–Crippen LogP) is 0.933. The smallest absolute Gasteiger partial charge is 0.157 e. The molecule has 1 saturated carbocycles. The van der Waals surface area contributed by atoms with Gasteiger partial charge < -0.3 is 0 Å². The average molecular weight is 190 g/mol. The van der Waals surface area contributed by atoms with Gasteiger partial charge in [0, 0.05) is 12.7 Å². The maximum atomic E-state index is 11.3. The number of Topliss-reactive ketones (excluding diaryl/α,β-unsaturated/α-hetero) is 1. The van der Waals surface area contributed by atoms with Crippen LogP contribution < -0.4 is 0 Å². The Balaban J connectivity index is 2.80. The Morgan fingerprint density at radius 1 is 1.25 bits per heavy atom. The largest absolute Gasteiger partial charge is 0.298 e. The zero-order chi connectivity index (χ0) is 9.19. The molecule has 0 heterocycles. The summed E-state index contributed by atoms with van der Waals surface area (Å²) in [7, 11) is -3.15. The summed E-state index contributed by atoms with van der Waals surface area (Å²) in [4.78, 5) is 11.3. The SMILES string of the molecule is CS(=O)(=O)C1CCCCCC1=O. The van der Waals surface area contributed by atoms with Gasteiger partial charge in [-0.05, 0) is 12.8 Å². The van der Waals surface area contributed by atoms with Crippen molar-refractivity contribution in [2.24, 2.45) is 0 Å². The molecular weight excluding hydrogens is 176 g/mol. The third-order valence-electron chi connectivity index (χ3n) is 2.27. The van der Waals surface area contributed by atoms with Gasteiger partial charge in [0.2, 0.25) is 0 Å². The summed E-state index contributed by atoms with van der Waals surface area (Å²) in [5.41, 5.74) is 0. The van der Waals surface area contributed by atoms with Gasteiger partial charge in [0.25, 0.3) is 0 Å². The zero-order valence-electron chi connectivity index (χ0n) is 7.25. The lowest BCUT2D eigenvalue weighted by Crippen LogP contribution is -2.28. The summed E-state index contributed by atoms with van der Waals surface area (Å²) in [6.45, 7) is 0. The monoisotopic (exact) mass is 190 g/mol. The topological polar surface area (TPSA) is 51.2 Å². The molecule has 1 aliphatic carbocycles. The van der Waals surface area contributed by atoms with E-state index < -0.39 is 15.1 Å². The van der Waals surface area contributed by atoms with Crippen molar-refractivity contribution in [2.45, 2.75) is 37.4 Å². The summed E-state index contributed by atoms with van der Waals surface area (Å²) >= 11 is 0. The Labute approximate surface area is 73.1 Å². The van der Waals surface area contributed by atoms with Gasteiger partial charge in [0.1, 0.15) is 5.25 Å². The number of carbonyl (C=O) groups is 1. The molecule has 1 atom stereocenters. The van der Waals surface area contributed by atoms with Crippen LogP contribution in [0.2, 0.25) is 0 Å². The molecular formula is C8H14O3S. The summed E-state index contributed by atoms with van der Waals surface area (Å²) < 4.78 is 22.3. The van der Waals surface area contributed by atoms with E-state index in [2.05, 4.69) is 0 Å². The van der Waals surface area contributed by atoms with Gasteiger partial charge in [0.05, 0.1) is 0 Å². The van der Waals surface area contributed by atoms with E-state index in [1.165, 1.54) is 0 Å². The summed E-state index contributed by atoms with van der Waals surface area (Å²) in [6, 6.07) is 0. The molecule has 0 N–H and O–H groups in total. The normalized spacial score (nSPS) is 26.8. The van der Waals surface area contributed by atoms with E-state index in [9.17, 15) is 13.2 Å². The summed E-state index contributed by atoms with van der Waals surface area (Å²) in [5.74, 6) is -0.0880. The van der Waals surface area contributed by atoms with Crippen molar-refractivity contribution in [3.8, 4) is 0 Å². The molecule has 1 unspecified atom stereocenters. The maximum absolute atomic E-state index is 11.3. The quantitative estimate of drug-likeness (QED) is 0.578. The van der Waals surface area contributed by atoms with Gasteiger partial charge in [-0.3, -0.25) is 4.79 Å². The molecule has 0 saturated heterocycles. The van der Waals surface area contributed by atoms with Crippen molar-refractivity contribution < 1.29 is 13.2 Å². The van der Waals surface area contributed by atoms with Gasteiger partial charge in [-0.2, -0.15) is 0 Å². The van der Waals surface area contributed by atoms with Crippen LogP contribution >= 0.6 is 0 Å². The number of ketones is 1. The van der Waals surface area contributed by atoms with Crippen LogP contribution in [0.15, 0.2) is 0 Å². The molecule has 0 aromatic rings. The molecule has 0 radical (unpaired) electrons. The molecule has 3 nitrogen and oxygen atoms in total. The van der Waals surface area contributed by atoms with E-state index in [1.807, 2.05) is 0 Å². The van der Waals surface area contributed by atoms with Crippen LogP contribution in [0.5, 0.6) is 0 Å². The van der Waals surface area contributed by atoms with E-state index in [0.29, 0.717) is 12.8 Å². The Morgan fingerprint density at radius 2 is 1.92 bits per heavy atom. The molecule has 1 fully saturated rings. The van der Waals surface area contributed by atoms with Crippen LogP contribution in [0.3, 0.4) is 0 Å². The number of sulfone groups is 1. The molecule has 70 valence electrons. The second-order valence-corrected chi connectivity index (χ2v) is 5.61. The minimum Gasteiger partial charge on any atom is -0.298 e. The highest BCUT2D eigenvalue weighted by atomic mass is 32.2. The average Bonchev–Trinajstić information content (AvgIpc) is 2.11. The first-order chi connectivity index (χ1) is 5.52. The van der Waals surface area contributed by atoms with Crippen LogP contribution in [0, 0.1) is 0 Å². The van der Waals surface area contributed by atoms with Crippen LogP contribution in [0.1, 0.15) is 32.1 Å². The van der Waals surface area contributed by atoms with Crippen LogP contribution in [-0.2, 0) is 14.6 Å². The number of hydrogen-bond acceptors (Lipinski definition) is 3. The standard InChI is InChI=1S/C8H14O3S/c1-12(10,11)8-6-4-2-3-5-7(8)9/h8H,2-6H2,1H3. The van der Waals surface area contributed by atoms with Gasteiger partial charge in [-0.1, -0.05) is 12.8 Å². The number of hydrogen-bond donors (Lipinski definition) is 0. The second-order valence-electron chi connectivity index (χ2n) is 3.38. The molecule has 0 amide bonds. The molecule has 12 heavy (non-hydrogen) atoms. The first kappa shape index (κ1) is 9.71. The van der Waals surface area contributed by atoms with Gasteiger partial charge >= 0.3 is 0 Å². The highest BCUT2D eigenvalue weighted by Crippen LogP contribution is 2.19. The van der Waals surface area contributed by atoms with Crippen LogP contribution in [0.4, 0.5) is 0 Å². The lowest BCUT2D eigenvalue weighted by atomic mass is 10.2. The number of rotatable bonds is 1. The van der Waals surface area contributed by atoms with E-state index in [0.717, 1.165) is 25.5 Å². The van der Waals surface area contributed by atoms with E-state index in [-0.39, 0.29) is 5.78 Å². The number of carbonyl (C=O) groups excluding carboxylic acids is 1. The van der Waals surface area contributed by atoms with Crippen molar-refractivity contribution in [3.05, 3.63) is 0 Å². The van der Waals surface area contributed by atoms with Gasteiger partial charge in [-0.15, -0.1) is 0 Å². The molecule has 0 bridgehead atoms. The van der Waals surface area contributed by atoms with Crippen molar-refractivity contribution in [1.82, 2.24) is 0 Å². The second kappa shape index (κ2) is 3.56. The molecule has 0 spiro atoms. The van der Waals surface area contributed by atoms with Crippen LogP contribution in [-0.4, -0.2) is 25.7 Å². The molecule has 4 heteroatoms. The maximum Gasteiger partial charge on any atom is 0.157 e. The lowest BCUT2D eigenvalue weighted by molar-refractivity contribution is -0.118. The molecule has 0 aliphatic heterocycles. The van der Waals surface area contributed by atoms with Crippen molar-refractivity contribution in [1.29, 1.82) is 0 Å². The van der Waals surface area contributed by atoms with Crippen LogP contribution in [0.25, 0.3) is 0 Å². The fourth-order valence-corrected chi connectivity index (χ4v) is 2.77. The highest BCUT2D eigenvalue weighted by molar-refractivity contribution is 7.92. The first-order valence-corrected chi connectivity index (χ1v) is 6.19. The third-order valence-corrected chi connectivity index (χ3v) is 3.80. The Bertz CT molecular complexity index is 266. The molecule has 1 aliphatic rings. The summed E-state index contributed by atoms with van der Waals surface area (Å²) in [6.07, 6.45) is 4.82. The zero-order valence-corrected chi connectivity index (χ0v) is 8.06. The molecule has 0 aromatic heterocycles. The highest BCUT2D eigenvalue weighted by Gasteiger charge is 2.29. The summed E-state index contributed by atoms with van der Waals surface area (Å²) in [5, 5.41) is -0.708. The molecule has 0 aromatic carbocycles. The fraction of sp³-hybridized carbons (Fsp3) is 0.875. The first-order valence-electron chi connectivity index (χ1n) is 4.23. The van der Waals surface area contributed by atoms with Crippen molar-refractivity contribution in [2.75, 3.05) is 6.26 Å². The van der Waals surface area contributed by atoms with E-state index in [1.54, 1.807) is 0 Å². The third kappa shape index (κ3) is 2.30. The minimum absolute atomic E-state index is 0.0880. The Kier molecular flexibility index (Phi) is 2.88. The van der Waals surface area contributed by atoms with Crippen molar-refractivity contribution >= 4 is 15.6 Å². The van der Waals surface area contributed by atoms with E-state index in [4.69, 9.17) is 0 Å².